The van der Waals surface area contributed by atoms with Gasteiger partial charge >= 0.3 is 0 Å². The molecule has 0 radical (unpaired) electrons. The summed E-state index contributed by atoms with van der Waals surface area (Å²) in [6, 6.07) is 7.91. The highest BCUT2D eigenvalue weighted by Crippen LogP contribution is 2.33. The van der Waals surface area contributed by atoms with E-state index in [1.807, 2.05) is 31.2 Å². The molecule has 0 spiro atoms. The molecule has 0 unspecified atom stereocenters. The van der Waals surface area contributed by atoms with Gasteiger partial charge in [-0.1, -0.05) is 13.0 Å². The van der Waals surface area contributed by atoms with E-state index < -0.39 is 0 Å². The van der Waals surface area contributed by atoms with Crippen LogP contribution in [-0.4, -0.2) is 11.1 Å². The summed E-state index contributed by atoms with van der Waals surface area (Å²) in [7, 11) is 0. The monoisotopic (exact) mass is 270 g/mol. The Labute approximate surface area is 120 Å². The number of pyridine rings is 1. The van der Waals surface area contributed by atoms with Gasteiger partial charge in [0.25, 0.3) is 0 Å². The molecule has 3 heteroatoms. The first kappa shape index (κ1) is 13.2. The average Bonchev–Trinajstić information content (AvgIpc) is 2.41. The standard InChI is InChI=1S/C17H22N2O/c1-11-6-8-13(9-7-11)20-16-5-3-4-15-17(16)14(18)10-12(2)19-15/h3-5,10-11,13H,6-9H2,1-2H3,(H2,18,19)/t11-,13+. The molecule has 0 bridgehead atoms. The summed E-state index contributed by atoms with van der Waals surface area (Å²) in [6.07, 6.45) is 5.09. The maximum atomic E-state index is 6.22. The first-order valence-electron chi connectivity index (χ1n) is 7.46. The van der Waals surface area contributed by atoms with Crippen LogP contribution >= 0.6 is 0 Å². The van der Waals surface area contributed by atoms with Crippen molar-refractivity contribution in [1.29, 1.82) is 0 Å². The molecule has 1 aliphatic carbocycles. The van der Waals surface area contributed by atoms with Crippen LogP contribution in [0.2, 0.25) is 0 Å². The third-order valence-electron chi connectivity index (χ3n) is 4.21. The third-order valence-corrected chi connectivity index (χ3v) is 4.21. The average molecular weight is 270 g/mol. The zero-order valence-electron chi connectivity index (χ0n) is 12.2. The molecule has 3 rings (SSSR count). The van der Waals surface area contributed by atoms with Gasteiger partial charge in [0.1, 0.15) is 5.75 Å². The number of benzene rings is 1. The molecule has 3 nitrogen and oxygen atoms in total. The number of nitrogens with zero attached hydrogens (tertiary/aromatic N) is 1. The molecule has 1 fully saturated rings. The zero-order chi connectivity index (χ0) is 14.1. The minimum Gasteiger partial charge on any atom is -0.490 e. The number of rotatable bonds is 2. The van der Waals surface area contributed by atoms with E-state index in [0.717, 1.165) is 46.8 Å². The summed E-state index contributed by atoms with van der Waals surface area (Å²) >= 11 is 0. The molecular weight excluding hydrogens is 248 g/mol. The molecular formula is C17H22N2O. The van der Waals surface area contributed by atoms with Crippen molar-refractivity contribution in [3.8, 4) is 5.75 Å². The van der Waals surface area contributed by atoms with E-state index in [2.05, 4.69) is 11.9 Å². The Morgan fingerprint density at radius 1 is 1.20 bits per heavy atom. The van der Waals surface area contributed by atoms with Crippen molar-refractivity contribution in [2.75, 3.05) is 5.73 Å². The highest BCUT2D eigenvalue weighted by molar-refractivity contribution is 5.95. The molecule has 0 atom stereocenters. The molecule has 0 aliphatic heterocycles. The van der Waals surface area contributed by atoms with Crippen molar-refractivity contribution in [3.05, 3.63) is 30.0 Å². The lowest BCUT2D eigenvalue weighted by Crippen LogP contribution is -2.23. The van der Waals surface area contributed by atoms with Gasteiger partial charge in [-0.15, -0.1) is 0 Å². The summed E-state index contributed by atoms with van der Waals surface area (Å²) in [5.74, 6) is 1.71. The fourth-order valence-corrected chi connectivity index (χ4v) is 3.05. The third kappa shape index (κ3) is 2.58. The Kier molecular flexibility index (Phi) is 3.51. The molecule has 1 aliphatic rings. The first-order chi connectivity index (χ1) is 9.63. The Bertz CT molecular complexity index is 616. The second-order valence-electron chi connectivity index (χ2n) is 6.00. The van der Waals surface area contributed by atoms with Crippen LogP contribution in [0.15, 0.2) is 24.3 Å². The van der Waals surface area contributed by atoms with Crippen LogP contribution in [-0.2, 0) is 0 Å². The number of aromatic nitrogens is 1. The zero-order valence-corrected chi connectivity index (χ0v) is 12.2. The Hall–Kier alpha value is -1.77. The molecule has 1 aromatic carbocycles. The van der Waals surface area contributed by atoms with Crippen molar-refractivity contribution in [2.45, 2.75) is 45.6 Å². The van der Waals surface area contributed by atoms with Crippen LogP contribution in [0, 0.1) is 12.8 Å². The number of ether oxygens (including phenoxy) is 1. The van der Waals surface area contributed by atoms with E-state index >= 15 is 0 Å². The fraction of sp³-hybridized carbons (Fsp3) is 0.471. The van der Waals surface area contributed by atoms with E-state index in [0.29, 0.717) is 6.10 Å². The van der Waals surface area contributed by atoms with Gasteiger partial charge in [0.05, 0.1) is 17.0 Å². The smallest absolute Gasteiger partial charge is 0.131 e. The molecule has 0 amide bonds. The number of nitrogens with two attached hydrogens (primary N) is 1. The van der Waals surface area contributed by atoms with Crippen molar-refractivity contribution in [1.82, 2.24) is 4.98 Å². The van der Waals surface area contributed by atoms with Crippen LogP contribution in [0.4, 0.5) is 5.69 Å². The maximum Gasteiger partial charge on any atom is 0.131 e. The summed E-state index contributed by atoms with van der Waals surface area (Å²) in [5, 5.41) is 0.955. The van der Waals surface area contributed by atoms with E-state index in [1.165, 1.54) is 12.8 Å². The Balaban J connectivity index is 1.91. The Morgan fingerprint density at radius 2 is 1.95 bits per heavy atom. The van der Waals surface area contributed by atoms with E-state index in [4.69, 9.17) is 10.5 Å². The number of hydrogen-bond acceptors (Lipinski definition) is 3. The SMILES string of the molecule is Cc1cc(N)c2c(O[C@H]3CC[C@@H](C)CC3)cccc2n1. The normalized spacial score (nSPS) is 22.9. The first-order valence-corrected chi connectivity index (χ1v) is 7.46. The van der Waals surface area contributed by atoms with Gasteiger partial charge in [-0.3, -0.25) is 4.98 Å². The predicted molar refractivity (Wildman–Crippen MR) is 82.9 cm³/mol. The van der Waals surface area contributed by atoms with Gasteiger partial charge in [-0.25, -0.2) is 0 Å². The van der Waals surface area contributed by atoms with Crippen molar-refractivity contribution >= 4 is 16.6 Å². The molecule has 1 heterocycles. The molecule has 1 saturated carbocycles. The minimum absolute atomic E-state index is 0.317. The number of hydrogen-bond donors (Lipinski definition) is 1. The summed E-state index contributed by atoms with van der Waals surface area (Å²) in [6.45, 7) is 4.28. The summed E-state index contributed by atoms with van der Waals surface area (Å²) in [5.41, 5.74) is 8.79. The molecule has 20 heavy (non-hydrogen) atoms. The molecule has 0 saturated heterocycles. The lowest BCUT2D eigenvalue weighted by atomic mass is 9.89. The largest absolute Gasteiger partial charge is 0.490 e. The van der Waals surface area contributed by atoms with Gasteiger partial charge in [-0.2, -0.15) is 0 Å². The lowest BCUT2D eigenvalue weighted by Gasteiger charge is -2.27. The second kappa shape index (κ2) is 5.31. The summed E-state index contributed by atoms with van der Waals surface area (Å²) in [4.78, 5) is 4.54. The fourth-order valence-electron chi connectivity index (χ4n) is 3.05. The molecule has 106 valence electrons. The van der Waals surface area contributed by atoms with Crippen LogP contribution in [0.3, 0.4) is 0 Å². The minimum atomic E-state index is 0.317. The van der Waals surface area contributed by atoms with Gasteiger partial charge < -0.3 is 10.5 Å². The van der Waals surface area contributed by atoms with Crippen LogP contribution in [0.1, 0.15) is 38.3 Å². The van der Waals surface area contributed by atoms with Crippen LogP contribution < -0.4 is 10.5 Å². The molecule has 2 aromatic rings. The number of fused-ring (bicyclic) bond motifs is 1. The van der Waals surface area contributed by atoms with Gasteiger partial charge in [-0.05, 0) is 56.7 Å². The highest BCUT2D eigenvalue weighted by Gasteiger charge is 2.20. The van der Waals surface area contributed by atoms with E-state index in [-0.39, 0.29) is 0 Å². The topological polar surface area (TPSA) is 48.1 Å². The van der Waals surface area contributed by atoms with Crippen molar-refractivity contribution < 1.29 is 4.74 Å². The van der Waals surface area contributed by atoms with E-state index in [1.54, 1.807) is 0 Å². The highest BCUT2D eigenvalue weighted by atomic mass is 16.5. The molecule has 1 aromatic heterocycles. The van der Waals surface area contributed by atoms with E-state index in [9.17, 15) is 0 Å². The van der Waals surface area contributed by atoms with Crippen molar-refractivity contribution in [2.24, 2.45) is 5.92 Å². The number of aryl methyl sites for hydroxylation is 1. The maximum absolute atomic E-state index is 6.22. The predicted octanol–water partition coefficient (Wildman–Crippen LogP) is 4.08. The number of anilines is 1. The van der Waals surface area contributed by atoms with Gasteiger partial charge in [0.2, 0.25) is 0 Å². The van der Waals surface area contributed by atoms with Crippen LogP contribution in [0.5, 0.6) is 5.75 Å². The quantitative estimate of drug-likeness (QED) is 0.894. The van der Waals surface area contributed by atoms with Gasteiger partial charge in [0, 0.05) is 11.4 Å². The number of nitrogen functional groups attached to an aromatic ring is 1. The second-order valence-corrected chi connectivity index (χ2v) is 6.00. The Morgan fingerprint density at radius 3 is 2.70 bits per heavy atom. The van der Waals surface area contributed by atoms with Crippen LogP contribution in [0.25, 0.3) is 10.9 Å². The van der Waals surface area contributed by atoms with Gasteiger partial charge in [0.15, 0.2) is 0 Å². The lowest BCUT2D eigenvalue weighted by molar-refractivity contribution is 0.137. The van der Waals surface area contributed by atoms with Crippen molar-refractivity contribution in [3.63, 3.8) is 0 Å². The molecule has 2 N–H and O–H groups in total. The summed E-state index contributed by atoms with van der Waals surface area (Å²) < 4.78 is 6.22.